The van der Waals surface area contributed by atoms with Crippen molar-refractivity contribution >= 4 is 11.6 Å². The maximum atomic E-state index is 12.6. The van der Waals surface area contributed by atoms with Gasteiger partial charge in [0, 0.05) is 30.5 Å². The third-order valence-electron chi connectivity index (χ3n) is 3.98. The van der Waals surface area contributed by atoms with Crippen LogP contribution in [0.4, 0.5) is 5.69 Å². The van der Waals surface area contributed by atoms with Crippen molar-refractivity contribution in [2.45, 2.75) is 27.3 Å². The van der Waals surface area contributed by atoms with Crippen LogP contribution in [0.5, 0.6) is 0 Å². The molecule has 0 saturated carbocycles. The van der Waals surface area contributed by atoms with Gasteiger partial charge in [-0.1, -0.05) is 26.0 Å². The Balaban J connectivity index is 1.80. The predicted molar refractivity (Wildman–Crippen MR) is 96.2 cm³/mol. The van der Waals surface area contributed by atoms with Crippen molar-refractivity contribution in [3.8, 4) is 11.4 Å². The van der Waals surface area contributed by atoms with E-state index < -0.39 is 0 Å². The lowest BCUT2D eigenvalue weighted by atomic mass is 10.1. The molecule has 130 valence electrons. The summed E-state index contributed by atoms with van der Waals surface area (Å²) < 4.78 is 3.70. The van der Waals surface area contributed by atoms with Crippen molar-refractivity contribution in [1.82, 2.24) is 24.5 Å². The van der Waals surface area contributed by atoms with Crippen LogP contribution in [0.1, 0.15) is 29.9 Å². The third kappa shape index (κ3) is 3.60. The number of benzene rings is 1. The molecular weight excluding hydrogens is 316 g/mol. The Morgan fingerprint density at radius 2 is 2.12 bits per heavy atom. The van der Waals surface area contributed by atoms with Crippen LogP contribution in [0.2, 0.25) is 0 Å². The van der Waals surface area contributed by atoms with Crippen LogP contribution in [-0.2, 0) is 13.6 Å². The molecule has 3 rings (SSSR count). The zero-order valence-electron chi connectivity index (χ0n) is 14.9. The first-order valence-electron chi connectivity index (χ1n) is 8.24. The first-order chi connectivity index (χ1) is 12.0. The Morgan fingerprint density at radius 1 is 1.32 bits per heavy atom. The number of aromatic nitrogens is 5. The fourth-order valence-corrected chi connectivity index (χ4v) is 2.68. The molecule has 0 saturated heterocycles. The van der Waals surface area contributed by atoms with E-state index in [0.717, 1.165) is 23.6 Å². The highest BCUT2D eigenvalue weighted by Crippen LogP contribution is 2.21. The Kier molecular flexibility index (Phi) is 4.65. The number of hydrogen-bond acceptors (Lipinski definition) is 4. The van der Waals surface area contributed by atoms with Crippen molar-refractivity contribution in [3.05, 3.63) is 48.0 Å². The van der Waals surface area contributed by atoms with Crippen LogP contribution in [0, 0.1) is 12.8 Å². The maximum Gasteiger partial charge on any atom is 0.259 e. The molecule has 0 bridgehead atoms. The Morgan fingerprint density at radius 3 is 2.80 bits per heavy atom. The predicted octanol–water partition coefficient (Wildman–Crippen LogP) is 2.90. The Bertz CT molecular complexity index is 893. The number of nitrogens with zero attached hydrogens (tertiary/aromatic N) is 5. The molecule has 0 aliphatic rings. The largest absolute Gasteiger partial charge is 0.322 e. The molecule has 0 aliphatic heterocycles. The summed E-state index contributed by atoms with van der Waals surface area (Å²) in [6.45, 7) is 6.96. The molecule has 0 aliphatic carbocycles. The van der Waals surface area contributed by atoms with Gasteiger partial charge in [-0.15, -0.1) is 10.2 Å². The topological polar surface area (TPSA) is 77.6 Å². The highest BCUT2D eigenvalue weighted by Gasteiger charge is 2.15. The van der Waals surface area contributed by atoms with E-state index in [9.17, 15) is 4.79 Å². The monoisotopic (exact) mass is 338 g/mol. The van der Waals surface area contributed by atoms with E-state index >= 15 is 0 Å². The van der Waals surface area contributed by atoms with Gasteiger partial charge in [-0.05, 0) is 25.0 Å². The molecule has 0 unspecified atom stereocenters. The number of anilines is 1. The molecule has 0 radical (unpaired) electrons. The average molecular weight is 338 g/mol. The van der Waals surface area contributed by atoms with E-state index in [-0.39, 0.29) is 5.91 Å². The second-order valence-corrected chi connectivity index (χ2v) is 6.52. The highest BCUT2D eigenvalue weighted by molar-refractivity contribution is 6.05. The molecule has 7 heteroatoms. The van der Waals surface area contributed by atoms with Crippen molar-refractivity contribution in [2.24, 2.45) is 13.0 Å². The van der Waals surface area contributed by atoms with Gasteiger partial charge in [-0.25, -0.2) is 0 Å². The molecule has 0 spiro atoms. The summed E-state index contributed by atoms with van der Waals surface area (Å²) in [7, 11) is 1.88. The standard InChI is InChI=1S/C18H22N6O/c1-12(2)10-24-13(3)16(9-20-24)18(25)21-15-7-5-6-14(8-15)17-22-19-11-23(17)4/h5-9,11-12H,10H2,1-4H3,(H,21,25). The molecular formula is C18H22N6O. The Labute approximate surface area is 146 Å². The van der Waals surface area contributed by atoms with E-state index in [1.165, 1.54) is 0 Å². The van der Waals surface area contributed by atoms with Gasteiger partial charge in [-0.2, -0.15) is 5.10 Å². The molecule has 0 atom stereocenters. The van der Waals surface area contributed by atoms with E-state index in [2.05, 4.69) is 34.5 Å². The molecule has 2 heterocycles. The van der Waals surface area contributed by atoms with Crippen LogP contribution in [0.15, 0.2) is 36.8 Å². The van der Waals surface area contributed by atoms with Crippen molar-refractivity contribution in [1.29, 1.82) is 0 Å². The first kappa shape index (κ1) is 16.9. The van der Waals surface area contributed by atoms with E-state index in [1.54, 1.807) is 12.5 Å². The summed E-state index contributed by atoms with van der Waals surface area (Å²) >= 11 is 0. The van der Waals surface area contributed by atoms with Gasteiger partial charge in [0.1, 0.15) is 6.33 Å². The van der Waals surface area contributed by atoms with Crippen LogP contribution in [0.25, 0.3) is 11.4 Å². The summed E-state index contributed by atoms with van der Waals surface area (Å²) in [5.74, 6) is 1.05. The average Bonchev–Trinajstić information content (AvgIpc) is 3.14. The van der Waals surface area contributed by atoms with Gasteiger partial charge in [0.05, 0.1) is 11.8 Å². The van der Waals surface area contributed by atoms with Crippen molar-refractivity contribution in [2.75, 3.05) is 5.32 Å². The second kappa shape index (κ2) is 6.88. The fraction of sp³-hybridized carbons (Fsp3) is 0.333. The number of amides is 1. The second-order valence-electron chi connectivity index (χ2n) is 6.52. The lowest BCUT2D eigenvalue weighted by molar-refractivity contribution is 0.102. The number of carbonyl (C=O) groups is 1. The van der Waals surface area contributed by atoms with E-state index in [4.69, 9.17) is 0 Å². The fourth-order valence-electron chi connectivity index (χ4n) is 2.68. The van der Waals surface area contributed by atoms with Crippen LogP contribution in [-0.4, -0.2) is 30.5 Å². The molecule has 7 nitrogen and oxygen atoms in total. The Hall–Kier alpha value is -2.96. The molecule has 1 N–H and O–H groups in total. The van der Waals surface area contributed by atoms with Gasteiger partial charge < -0.3 is 9.88 Å². The van der Waals surface area contributed by atoms with Crippen LogP contribution >= 0.6 is 0 Å². The number of rotatable bonds is 5. The lowest BCUT2D eigenvalue weighted by Gasteiger charge is -2.09. The summed E-state index contributed by atoms with van der Waals surface area (Å²) in [4.78, 5) is 12.6. The van der Waals surface area contributed by atoms with Crippen LogP contribution in [0.3, 0.4) is 0 Å². The zero-order chi connectivity index (χ0) is 18.0. The normalized spacial score (nSPS) is 11.1. The third-order valence-corrected chi connectivity index (χ3v) is 3.98. The maximum absolute atomic E-state index is 12.6. The first-order valence-corrected chi connectivity index (χ1v) is 8.24. The smallest absolute Gasteiger partial charge is 0.259 e. The minimum Gasteiger partial charge on any atom is -0.322 e. The quantitative estimate of drug-likeness (QED) is 0.776. The minimum absolute atomic E-state index is 0.164. The number of nitrogens with one attached hydrogen (secondary N) is 1. The molecule has 3 aromatic rings. The SMILES string of the molecule is Cc1c(C(=O)Nc2cccc(-c3nncn3C)c2)cnn1CC(C)C. The van der Waals surface area contributed by atoms with E-state index in [0.29, 0.717) is 17.2 Å². The van der Waals surface area contributed by atoms with Gasteiger partial charge in [0.25, 0.3) is 5.91 Å². The molecule has 2 aromatic heterocycles. The molecule has 0 fully saturated rings. The molecule has 1 aromatic carbocycles. The highest BCUT2D eigenvalue weighted by atomic mass is 16.1. The minimum atomic E-state index is -0.164. The van der Waals surface area contributed by atoms with Gasteiger partial charge in [0.2, 0.25) is 0 Å². The summed E-state index contributed by atoms with van der Waals surface area (Å²) in [5.41, 5.74) is 3.06. The molecule has 25 heavy (non-hydrogen) atoms. The van der Waals surface area contributed by atoms with Gasteiger partial charge in [-0.3, -0.25) is 9.48 Å². The van der Waals surface area contributed by atoms with Crippen molar-refractivity contribution < 1.29 is 4.79 Å². The lowest BCUT2D eigenvalue weighted by Crippen LogP contribution is -2.14. The summed E-state index contributed by atoms with van der Waals surface area (Å²) in [5, 5.41) is 15.2. The summed E-state index contributed by atoms with van der Waals surface area (Å²) in [6, 6.07) is 7.56. The van der Waals surface area contributed by atoms with E-state index in [1.807, 2.05) is 47.5 Å². The van der Waals surface area contributed by atoms with Gasteiger partial charge in [0.15, 0.2) is 5.82 Å². The van der Waals surface area contributed by atoms with Gasteiger partial charge >= 0.3 is 0 Å². The molecule has 1 amide bonds. The zero-order valence-corrected chi connectivity index (χ0v) is 14.9. The number of hydrogen-bond donors (Lipinski definition) is 1. The number of carbonyl (C=O) groups excluding carboxylic acids is 1. The summed E-state index contributed by atoms with van der Waals surface area (Å²) in [6.07, 6.45) is 3.27. The van der Waals surface area contributed by atoms with Crippen molar-refractivity contribution in [3.63, 3.8) is 0 Å². The van der Waals surface area contributed by atoms with Crippen LogP contribution < -0.4 is 5.32 Å². The number of aryl methyl sites for hydroxylation is 1.